The van der Waals surface area contributed by atoms with Crippen LogP contribution in [0.3, 0.4) is 0 Å². The van der Waals surface area contributed by atoms with Gasteiger partial charge in [-0.1, -0.05) is 34.1 Å². The number of aryl methyl sites for hydroxylation is 1. The minimum absolute atomic E-state index is 0.664. The lowest BCUT2D eigenvalue weighted by Gasteiger charge is -2.13. The van der Waals surface area contributed by atoms with E-state index in [4.69, 9.17) is 0 Å². The zero-order valence-corrected chi connectivity index (χ0v) is 12.1. The summed E-state index contributed by atoms with van der Waals surface area (Å²) in [4.78, 5) is 8.98. The topological polar surface area (TPSA) is 49.8 Å². The van der Waals surface area contributed by atoms with Crippen LogP contribution >= 0.6 is 0 Å². The highest BCUT2D eigenvalue weighted by Crippen LogP contribution is 2.13. The van der Waals surface area contributed by atoms with Gasteiger partial charge in [0, 0.05) is 25.6 Å². The van der Waals surface area contributed by atoms with Gasteiger partial charge in [0.2, 0.25) is 0 Å². The maximum atomic E-state index is 4.50. The predicted octanol–water partition coefficient (Wildman–Crippen LogP) is 3.32. The summed E-state index contributed by atoms with van der Waals surface area (Å²) in [6.07, 6.45) is 3.14. The molecule has 2 N–H and O–H groups in total. The molecule has 0 aromatic carbocycles. The molecule has 0 aliphatic carbocycles. The van der Waals surface area contributed by atoms with Gasteiger partial charge in [0.15, 0.2) is 0 Å². The van der Waals surface area contributed by atoms with Crippen molar-refractivity contribution in [2.24, 2.45) is 5.92 Å². The van der Waals surface area contributed by atoms with E-state index in [1.165, 1.54) is 6.42 Å². The van der Waals surface area contributed by atoms with Crippen molar-refractivity contribution in [3.8, 4) is 0 Å². The van der Waals surface area contributed by atoms with Crippen LogP contribution in [-0.4, -0.2) is 23.1 Å². The zero-order valence-electron chi connectivity index (χ0n) is 12.1. The Labute approximate surface area is 111 Å². The summed E-state index contributed by atoms with van der Waals surface area (Å²) in [7, 11) is 0. The van der Waals surface area contributed by atoms with Crippen LogP contribution in [0, 0.1) is 5.92 Å². The molecule has 4 heteroatoms. The van der Waals surface area contributed by atoms with Crippen LogP contribution in [0.5, 0.6) is 0 Å². The van der Waals surface area contributed by atoms with E-state index in [0.29, 0.717) is 5.92 Å². The van der Waals surface area contributed by atoms with E-state index in [9.17, 15) is 0 Å². The molecule has 1 atom stereocenters. The van der Waals surface area contributed by atoms with E-state index in [1.807, 2.05) is 6.07 Å². The first-order valence-electron chi connectivity index (χ1n) is 7.05. The molecular formula is C14H26N4. The Balaban J connectivity index is 2.70. The highest BCUT2D eigenvalue weighted by molar-refractivity contribution is 5.47. The summed E-state index contributed by atoms with van der Waals surface area (Å²) in [6, 6.07) is 2.00. The quantitative estimate of drug-likeness (QED) is 0.743. The Morgan fingerprint density at radius 1 is 1.11 bits per heavy atom. The van der Waals surface area contributed by atoms with Gasteiger partial charge >= 0.3 is 0 Å². The first-order valence-corrected chi connectivity index (χ1v) is 7.05. The van der Waals surface area contributed by atoms with E-state index in [0.717, 1.165) is 43.4 Å². The Hall–Kier alpha value is -1.32. The number of hydrogen-bond acceptors (Lipinski definition) is 4. The van der Waals surface area contributed by atoms with Crippen molar-refractivity contribution in [3.05, 3.63) is 11.9 Å². The molecule has 1 aromatic heterocycles. The van der Waals surface area contributed by atoms with Crippen molar-refractivity contribution >= 4 is 11.6 Å². The van der Waals surface area contributed by atoms with Crippen molar-refractivity contribution < 1.29 is 0 Å². The van der Waals surface area contributed by atoms with E-state index in [2.05, 4.69) is 48.3 Å². The molecule has 1 heterocycles. The lowest BCUT2D eigenvalue weighted by molar-refractivity contribution is 0.592. The molecule has 18 heavy (non-hydrogen) atoms. The summed E-state index contributed by atoms with van der Waals surface area (Å²) >= 11 is 0. The number of hydrogen-bond donors (Lipinski definition) is 2. The van der Waals surface area contributed by atoms with Crippen molar-refractivity contribution in [3.63, 3.8) is 0 Å². The zero-order chi connectivity index (χ0) is 13.4. The van der Waals surface area contributed by atoms with E-state index in [-0.39, 0.29) is 0 Å². The molecule has 1 unspecified atom stereocenters. The van der Waals surface area contributed by atoms with Gasteiger partial charge in [0.25, 0.3) is 0 Å². The highest BCUT2D eigenvalue weighted by Gasteiger charge is 2.04. The van der Waals surface area contributed by atoms with Crippen molar-refractivity contribution in [2.75, 3.05) is 23.7 Å². The lowest BCUT2D eigenvalue weighted by atomic mass is 10.1. The third kappa shape index (κ3) is 4.90. The highest BCUT2D eigenvalue weighted by atomic mass is 15.1. The normalized spacial score (nSPS) is 12.2. The first kappa shape index (κ1) is 14.7. The second-order valence-corrected chi connectivity index (χ2v) is 4.73. The van der Waals surface area contributed by atoms with Crippen LogP contribution in [0.1, 0.15) is 46.4 Å². The SMILES string of the molecule is CCCNc1cc(NCC(C)CC)nc(CC)n1. The van der Waals surface area contributed by atoms with Gasteiger partial charge in [-0.3, -0.25) is 0 Å². The van der Waals surface area contributed by atoms with Gasteiger partial charge in [-0.2, -0.15) is 0 Å². The third-order valence-corrected chi connectivity index (χ3v) is 2.97. The maximum absolute atomic E-state index is 4.50. The van der Waals surface area contributed by atoms with Gasteiger partial charge in [-0.25, -0.2) is 9.97 Å². The number of nitrogens with one attached hydrogen (secondary N) is 2. The summed E-state index contributed by atoms with van der Waals surface area (Å²) in [6.45, 7) is 10.6. The van der Waals surface area contributed by atoms with Gasteiger partial charge in [-0.15, -0.1) is 0 Å². The van der Waals surface area contributed by atoms with Crippen LogP contribution < -0.4 is 10.6 Å². The fourth-order valence-electron chi connectivity index (χ4n) is 1.51. The van der Waals surface area contributed by atoms with Crippen molar-refractivity contribution in [1.82, 2.24) is 9.97 Å². The first-order chi connectivity index (χ1) is 8.69. The molecule has 0 fully saturated rings. The molecule has 0 aliphatic rings. The molecule has 0 bridgehead atoms. The second-order valence-electron chi connectivity index (χ2n) is 4.73. The second kappa shape index (κ2) is 7.90. The van der Waals surface area contributed by atoms with Crippen LogP contribution in [0.2, 0.25) is 0 Å². The summed E-state index contributed by atoms with van der Waals surface area (Å²) in [5.41, 5.74) is 0. The smallest absolute Gasteiger partial charge is 0.132 e. The molecule has 1 rings (SSSR count). The van der Waals surface area contributed by atoms with Crippen molar-refractivity contribution in [1.29, 1.82) is 0 Å². The Morgan fingerprint density at radius 3 is 2.33 bits per heavy atom. The third-order valence-electron chi connectivity index (χ3n) is 2.97. The number of rotatable bonds is 8. The monoisotopic (exact) mass is 250 g/mol. The molecule has 4 nitrogen and oxygen atoms in total. The van der Waals surface area contributed by atoms with Gasteiger partial charge in [-0.05, 0) is 12.3 Å². The lowest BCUT2D eigenvalue weighted by Crippen LogP contribution is -2.13. The van der Waals surface area contributed by atoms with Crippen molar-refractivity contribution in [2.45, 2.75) is 47.0 Å². The average molecular weight is 250 g/mol. The molecule has 0 radical (unpaired) electrons. The summed E-state index contributed by atoms with van der Waals surface area (Å²) < 4.78 is 0. The molecule has 1 aromatic rings. The van der Waals surface area contributed by atoms with Crippen LogP contribution in [0.15, 0.2) is 6.07 Å². The molecule has 0 saturated heterocycles. The average Bonchev–Trinajstić information content (AvgIpc) is 2.42. The van der Waals surface area contributed by atoms with Gasteiger partial charge in [0.05, 0.1) is 0 Å². The Bertz CT molecular complexity index is 352. The molecule has 0 saturated carbocycles. The fourth-order valence-corrected chi connectivity index (χ4v) is 1.51. The van der Waals surface area contributed by atoms with Gasteiger partial charge in [0.1, 0.15) is 17.5 Å². The van der Waals surface area contributed by atoms with Crippen LogP contribution in [-0.2, 0) is 6.42 Å². The minimum atomic E-state index is 0.664. The predicted molar refractivity (Wildman–Crippen MR) is 78.1 cm³/mol. The number of anilines is 2. The summed E-state index contributed by atoms with van der Waals surface area (Å²) in [5, 5.41) is 6.72. The van der Waals surface area contributed by atoms with E-state index < -0.39 is 0 Å². The van der Waals surface area contributed by atoms with Gasteiger partial charge < -0.3 is 10.6 Å². The van der Waals surface area contributed by atoms with E-state index in [1.54, 1.807) is 0 Å². The molecule has 0 aliphatic heterocycles. The molecule has 0 amide bonds. The largest absolute Gasteiger partial charge is 0.370 e. The Morgan fingerprint density at radius 2 is 1.78 bits per heavy atom. The molecule has 102 valence electrons. The number of aromatic nitrogens is 2. The van der Waals surface area contributed by atoms with Crippen LogP contribution in [0.25, 0.3) is 0 Å². The molecule has 0 spiro atoms. The Kier molecular flexibility index (Phi) is 6.47. The summed E-state index contributed by atoms with van der Waals surface area (Å²) in [5.74, 6) is 3.41. The minimum Gasteiger partial charge on any atom is -0.370 e. The maximum Gasteiger partial charge on any atom is 0.132 e. The standard InChI is InChI=1S/C14H26N4/c1-5-8-15-13-9-14(16-10-11(4)6-2)18-12(7-3)17-13/h9,11H,5-8,10H2,1-4H3,(H2,15,16,17,18). The van der Waals surface area contributed by atoms with E-state index >= 15 is 0 Å². The fraction of sp³-hybridized carbons (Fsp3) is 0.714. The van der Waals surface area contributed by atoms with Crippen LogP contribution in [0.4, 0.5) is 11.6 Å². The number of nitrogens with zero attached hydrogens (tertiary/aromatic N) is 2. The molecular weight excluding hydrogens is 224 g/mol.